The van der Waals surface area contributed by atoms with Gasteiger partial charge in [-0.25, -0.2) is 0 Å². The van der Waals surface area contributed by atoms with E-state index in [4.69, 9.17) is 4.74 Å². The van der Waals surface area contributed by atoms with E-state index in [2.05, 4.69) is 18.3 Å². The van der Waals surface area contributed by atoms with Crippen LogP contribution in [0.4, 0.5) is 0 Å². The molecule has 4 atom stereocenters. The summed E-state index contributed by atoms with van der Waals surface area (Å²) in [5.74, 6) is 0.742. The van der Waals surface area contributed by atoms with Crippen LogP contribution in [-0.4, -0.2) is 24.8 Å². The summed E-state index contributed by atoms with van der Waals surface area (Å²) in [5, 5.41) is 3.87. The van der Waals surface area contributed by atoms with E-state index in [9.17, 15) is 0 Å². The average Bonchev–Trinajstić information content (AvgIpc) is 3.03. The summed E-state index contributed by atoms with van der Waals surface area (Å²) in [6.45, 7) is 3.42. The maximum atomic E-state index is 6.13. The third-order valence-electron chi connectivity index (χ3n) is 5.42. The van der Waals surface area contributed by atoms with Gasteiger partial charge in [0.2, 0.25) is 0 Å². The first kappa shape index (κ1) is 14.6. The van der Waals surface area contributed by atoms with Gasteiger partial charge in [-0.2, -0.15) is 0 Å². The van der Waals surface area contributed by atoms with Crippen molar-refractivity contribution in [2.75, 3.05) is 6.54 Å². The van der Waals surface area contributed by atoms with Crippen LogP contribution in [0.2, 0.25) is 0 Å². The number of rotatable bonds is 5. The molecule has 2 heterocycles. The van der Waals surface area contributed by atoms with Crippen molar-refractivity contribution in [2.24, 2.45) is 5.92 Å². The lowest BCUT2D eigenvalue weighted by molar-refractivity contribution is 0.0878. The topological polar surface area (TPSA) is 21.3 Å². The summed E-state index contributed by atoms with van der Waals surface area (Å²) in [4.78, 5) is 0. The first-order valence-electron chi connectivity index (χ1n) is 8.96. The molecule has 0 radical (unpaired) electrons. The molecule has 0 saturated carbocycles. The van der Waals surface area contributed by atoms with E-state index in [-0.39, 0.29) is 0 Å². The molecule has 1 N–H and O–H groups in total. The molecule has 0 aromatic rings. The van der Waals surface area contributed by atoms with Crippen molar-refractivity contribution >= 4 is 0 Å². The maximum absolute atomic E-state index is 6.13. The van der Waals surface area contributed by atoms with Gasteiger partial charge in [0.1, 0.15) is 0 Å². The van der Waals surface area contributed by atoms with E-state index in [1.807, 2.05) is 0 Å². The van der Waals surface area contributed by atoms with E-state index >= 15 is 0 Å². The largest absolute Gasteiger partial charge is 0.375 e. The Hall–Kier alpha value is -0.340. The predicted octanol–water partition coefficient (Wildman–Crippen LogP) is 4.20. The van der Waals surface area contributed by atoms with E-state index in [0.717, 1.165) is 12.5 Å². The van der Waals surface area contributed by atoms with Gasteiger partial charge in [-0.3, -0.25) is 0 Å². The molecule has 0 spiro atoms. The lowest BCUT2D eigenvalue weighted by atomic mass is 9.79. The molecule has 2 fully saturated rings. The van der Waals surface area contributed by atoms with Gasteiger partial charge in [-0.15, -0.1) is 0 Å². The van der Waals surface area contributed by atoms with E-state index in [0.29, 0.717) is 18.2 Å². The normalized spacial score (nSPS) is 35.5. The Morgan fingerprint density at radius 2 is 2.15 bits per heavy atom. The molecular formula is C18H31NO. The van der Waals surface area contributed by atoms with Crippen molar-refractivity contribution in [3.8, 4) is 0 Å². The van der Waals surface area contributed by atoms with Gasteiger partial charge in [-0.05, 0) is 57.9 Å². The van der Waals surface area contributed by atoms with Gasteiger partial charge >= 0.3 is 0 Å². The fraction of sp³-hybridized carbons (Fsp3) is 0.889. The predicted molar refractivity (Wildman–Crippen MR) is 83.9 cm³/mol. The van der Waals surface area contributed by atoms with Crippen LogP contribution in [-0.2, 0) is 4.74 Å². The monoisotopic (exact) mass is 277 g/mol. The third kappa shape index (κ3) is 3.28. The summed E-state index contributed by atoms with van der Waals surface area (Å²) < 4.78 is 6.13. The molecule has 2 heteroatoms. The van der Waals surface area contributed by atoms with Crippen LogP contribution in [0.3, 0.4) is 0 Å². The number of ether oxygens (including phenoxy) is 1. The van der Waals surface area contributed by atoms with Crippen molar-refractivity contribution in [3.05, 3.63) is 11.6 Å². The highest BCUT2D eigenvalue weighted by Gasteiger charge is 2.44. The maximum Gasteiger partial charge on any atom is 0.0627 e. The minimum atomic E-state index is 0.542. The molecule has 114 valence electrons. The Kier molecular flexibility index (Phi) is 5.17. The van der Waals surface area contributed by atoms with E-state index in [1.165, 1.54) is 64.2 Å². The van der Waals surface area contributed by atoms with Crippen LogP contribution < -0.4 is 5.32 Å². The Morgan fingerprint density at radius 3 is 2.90 bits per heavy atom. The van der Waals surface area contributed by atoms with Gasteiger partial charge < -0.3 is 10.1 Å². The molecule has 2 aliphatic heterocycles. The molecule has 2 bridgehead atoms. The molecule has 2 nitrogen and oxygen atoms in total. The van der Waals surface area contributed by atoms with Gasteiger partial charge in [0.25, 0.3) is 0 Å². The van der Waals surface area contributed by atoms with Crippen molar-refractivity contribution in [3.63, 3.8) is 0 Å². The lowest BCUT2D eigenvalue weighted by Gasteiger charge is -2.32. The molecule has 0 aromatic carbocycles. The number of allylic oxidation sites excluding steroid dienone is 1. The van der Waals surface area contributed by atoms with Crippen molar-refractivity contribution < 1.29 is 4.74 Å². The zero-order valence-electron chi connectivity index (χ0n) is 13.1. The van der Waals surface area contributed by atoms with E-state index < -0.39 is 0 Å². The van der Waals surface area contributed by atoms with Crippen molar-refractivity contribution in [1.29, 1.82) is 0 Å². The van der Waals surface area contributed by atoms with Gasteiger partial charge in [0.05, 0.1) is 12.2 Å². The van der Waals surface area contributed by atoms with Gasteiger partial charge in [-0.1, -0.05) is 31.4 Å². The van der Waals surface area contributed by atoms with Gasteiger partial charge in [0.15, 0.2) is 0 Å². The van der Waals surface area contributed by atoms with Crippen LogP contribution in [0.5, 0.6) is 0 Å². The molecule has 3 rings (SSSR count). The standard InChI is InChI=1S/C18H31NO/c1-2-12-19-18(14-8-6-4-3-5-7-9-14)16-13-15-10-11-17(16)20-15/h8,15-19H,2-7,9-13H2,1H3. The van der Waals surface area contributed by atoms with Crippen molar-refractivity contribution in [2.45, 2.75) is 89.4 Å². The first-order chi connectivity index (χ1) is 9.88. The molecule has 0 aromatic heterocycles. The molecule has 1 aliphatic carbocycles. The SMILES string of the molecule is CCCNC(C1=CCCCCCC1)C1CC2CCC1O2. The van der Waals surface area contributed by atoms with Crippen LogP contribution in [0.25, 0.3) is 0 Å². The smallest absolute Gasteiger partial charge is 0.0627 e. The summed E-state index contributed by atoms with van der Waals surface area (Å²) >= 11 is 0. The van der Waals surface area contributed by atoms with Crippen molar-refractivity contribution in [1.82, 2.24) is 5.32 Å². The number of hydrogen-bond acceptors (Lipinski definition) is 2. The summed E-state index contributed by atoms with van der Waals surface area (Å²) in [7, 11) is 0. The van der Waals surface area contributed by atoms with Crippen LogP contribution >= 0.6 is 0 Å². The third-order valence-corrected chi connectivity index (χ3v) is 5.42. The number of hydrogen-bond donors (Lipinski definition) is 1. The second-order valence-electron chi connectivity index (χ2n) is 6.94. The molecule has 20 heavy (non-hydrogen) atoms. The summed E-state index contributed by atoms with van der Waals surface area (Å²) in [6, 6.07) is 0.600. The lowest BCUT2D eigenvalue weighted by Crippen LogP contribution is -2.42. The zero-order chi connectivity index (χ0) is 13.8. The van der Waals surface area contributed by atoms with Crippen LogP contribution in [0.1, 0.15) is 71.1 Å². The quantitative estimate of drug-likeness (QED) is 0.760. The number of nitrogens with one attached hydrogen (secondary N) is 1. The fourth-order valence-electron chi connectivity index (χ4n) is 4.38. The van der Waals surface area contributed by atoms with Crippen LogP contribution in [0, 0.1) is 5.92 Å². The zero-order valence-corrected chi connectivity index (χ0v) is 13.1. The first-order valence-corrected chi connectivity index (χ1v) is 8.96. The Bertz CT molecular complexity index is 338. The highest BCUT2D eigenvalue weighted by molar-refractivity contribution is 5.16. The highest BCUT2D eigenvalue weighted by atomic mass is 16.5. The minimum Gasteiger partial charge on any atom is -0.375 e. The molecular weight excluding hydrogens is 246 g/mol. The Labute approximate surface area is 124 Å². The summed E-state index contributed by atoms with van der Waals surface area (Å²) in [5.41, 5.74) is 1.71. The minimum absolute atomic E-state index is 0.542. The Morgan fingerprint density at radius 1 is 1.25 bits per heavy atom. The molecule has 2 saturated heterocycles. The van der Waals surface area contributed by atoms with Gasteiger partial charge in [0, 0.05) is 12.0 Å². The molecule has 3 aliphatic rings. The van der Waals surface area contributed by atoms with E-state index in [1.54, 1.807) is 5.57 Å². The fourth-order valence-corrected chi connectivity index (χ4v) is 4.38. The molecule has 0 amide bonds. The Balaban J connectivity index is 1.71. The highest BCUT2D eigenvalue weighted by Crippen LogP contribution is 2.42. The number of fused-ring (bicyclic) bond motifs is 2. The second-order valence-corrected chi connectivity index (χ2v) is 6.94. The summed E-state index contributed by atoms with van der Waals surface area (Å²) in [6.07, 6.45) is 17.0. The second kappa shape index (κ2) is 7.09. The van der Waals surface area contributed by atoms with Crippen LogP contribution in [0.15, 0.2) is 11.6 Å². The average molecular weight is 277 g/mol. The molecule has 4 unspecified atom stereocenters.